The summed E-state index contributed by atoms with van der Waals surface area (Å²) < 4.78 is 1.43. The molecule has 1 heterocycles. The summed E-state index contributed by atoms with van der Waals surface area (Å²) in [5.41, 5.74) is 8.09. The van der Waals surface area contributed by atoms with Gasteiger partial charge in [-0.2, -0.15) is 5.10 Å². The predicted molar refractivity (Wildman–Crippen MR) is 77.4 cm³/mol. The molecule has 0 spiro atoms. The number of rotatable bonds is 4. The van der Waals surface area contributed by atoms with Gasteiger partial charge in [0.05, 0.1) is 18.4 Å². The van der Waals surface area contributed by atoms with Crippen LogP contribution in [-0.2, 0) is 6.54 Å². The van der Waals surface area contributed by atoms with Crippen molar-refractivity contribution in [3.05, 3.63) is 52.4 Å². The second-order valence-corrected chi connectivity index (χ2v) is 4.47. The van der Waals surface area contributed by atoms with Crippen LogP contribution in [0.2, 0.25) is 0 Å². The van der Waals surface area contributed by atoms with E-state index in [1.165, 1.54) is 4.68 Å². The van der Waals surface area contributed by atoms with Gasteiger partial charge in [0.1, 0.15) is 0 Å². The summed E-state index contributed by atoms with van der Waals surface area (Å²) in [6.45, 7) is 3.29. The van der Waals surface area contributed by atoms with Crippen molar-refractivity contribution in [1.29, 1.82) is 0 Å². The highest BCUT2D eigenvalue weighted by Crippen LogP contribution is 2.09. The standard InChI is InChI=1S/C14H18N4O/c1-3-17(2)13-8-14(19)18(16-9-13)10-11-5-4-6-12(15)7-11/h4-9H,3,10,15H2,1-2H3. The van der Waals surface area contributed by atoms with E-state index in [0.717, 1.165) is 17.8 Å². The average molecular weight is 258 g/mol. The lowest BCUT2D eigenvalue weighted by atomic mass is 10.2. The smallest absolute Gasteiger partial charge is 0.269 e. The molecule has 0 fully saturated rings. The van der Waals surface area contributed by atoms with E-state index in [2.05, 4.69) is 5.10 Å². The molecule has 0 atom stereocenters. The predicted octanol–water partition coefficient (Wildman–Crippen LogP) is 1.33. The molecule has 5 nitrogen and oxygen atoms in total. The molecule has 2 N–H and O–H groups in total. The van der Waals surface area contributed by atoms with Gasteiger partial charge in [-0.3, -0.25) is 4.79 Å². The molecule has 0 bridgehead atoms. The molecule has 0 aliphatic rings. The lowest BCUT2D eigenvalue weighted by Crippen LogP contribution is -2.26. The van der Waals surface area contributed by atoms with Crippen molar-refractivity contribution >= 4 is 11.4 Å². The molecule has 0 unspecified atom stereocenters. The van der Waals surface area contributed by atoms with Crippen LogP contribution in [0.4, 0.5) is 11.4 Å². The first-order valence-corrected chi connectivity index (χ1v) is 6.23. The van der Waals surface area contributed by atoms with Gasteiger partial charge in [-0.15, -0.1) is 0 Å². The van der Waals surface area contributed by atoms with Gasteiger partial charge in [0.15, 0.2) is 0 Å². The molecule has 0 amide bonds. The summed E-state index contributed by atoms with van der Waals surface area (Å²) in [5.74, 6) is 0. The Morgan fingerprint density at radius 3 is 2.79 bits per heavy atom. The van der Waals surface area contributed by atoms with Gasteiger partial charge in [-0.1, -0.05) is 12.1 Å². The van der Waals surface area contributed by atoms with E-state index in [4.69, 9.17) is 5.73 Å². The van der Waals surface area contributed by atoms with Crippen molar-refractivity contribution in [2.24, 2.45) is 0 Å². The first-order chi connectivity index (χ1) is 9.10. The van der Waals surface area contributed by atoms with Crippen molar-refractivity contribution in [3.63, 3.8) is 0 Å². The molecule has 19 heavy (non-hydrogen) atoms. The van der Waals surface area contributed by atoms with Gasteiger partial charge in [0.2, 0.25) is 0 Å². The number of anilines is 2. The number of hydrogen-bond acceptors (Lipinski definition) is 4. The Labute approximate surface area is 112 Å². The van der Waals surface area contributed by atoms with Crippen molar-refractivity contribution in [3.8, 4) is 0 Å². The van der Waals surface area contributed by atoms with Crippen molar-refractivity contribution < 1.29 is 0 Å². The molecular weight excluding hydrogens is 240 g/mol. The van der Waals surface area contributed by atoms with Gasteiger partial charge < -0.3 is 10.6 Å². The largest absolute Gasteiger partial charge is 0.399 e. The Balaban J connectivity index is 2.25. The molecule has 0 radical (unpaired) electrons. The van der Waals surface area contributed by atoms with E-state index < -0.39 is 0 Å². The van der Waals surface area contributed by atoms with Crippen LogP contribution < -0.4 is 16.2 Å². The van der Waals surface area contributed by atoms with Crippen molar-refractivity contribution in [2.45, 2.75) is 13.5 Å². The topological polar surface area (TPSA) is 64.2 Å². The molecule has 2 rings (SSSR count). The maximum atomic E-state index is 12.0. The van der Waals surface area contributed by atoms with Crippen LogP contribution in [0.3, 0.4) is 0 Å². The summed E-state index contributed by atoms with van der Waals surface area (Å²) in [6, 6.07) is 9.06. The highest BCUT2D eigenvalue weighted by atomic mass is 16.1. The van der Waals surface area contributed by atoms with Crippen LogP contribution in [0, 0.1) is 0 Å². The molecule has 1 aromatic heterocycles. The van der Waals surface area contributed by atoms with E-state index >= 15 is 0 Å². The van der Waals surface area contributed by atoms with E-state index in [-0.39, 0.29) is 5.56 Å². The Kier molecular flexibility index (Phi) is 3.85. The quantitative estimate of drug-likeness (QED) is 0.840. The summed E-state index contributed by atoms with van der Waals surface area (Å²) in [7, 11) is 1.93. The van der Waals surface area contributed by atoms with E-state index in [1.54, 1.807) is 12.3 Å². The molecule has 100 valence electrons. The van der Waals surface area contributed by atoms with E-state index in [9.17, 15) is 4.79 Å². The van der Waals surface area contributed by atoms with Crippen LogP contribution in [0.25, 0.3) is 0 Å². The Morgan fingerprint density at radius 1 is 1.37 bits per heavy atom. The minimum Gasteiger partial charge on any atom is -0.399 e. The Morgan fingerprint density at radius 2 is 2.16 bits per heavy atom. The molecule has 0 saturated heterocycles. The number of nitrogens with zero attached hydrogens (tertiary/aromatic N) is 3. The average Bonchev–Trinajstić information content (AvgIpc) is 2.40. The van der Waals surface area contributed by atoms with E-state index in [1.807, 2.05) is 43.1 Å². The molecule has 1 aromatic carbocycles. The van der Waals surface area contributed by atoms with Crippen molar-refractivity contribution in [2.75, 3.05) is 24.2 Å². The summed E-state index contributed by atoms with van der Waals surface area (Å²) in [4.78, 5) is 14.0. The van der Waals surface area contributed by atoms with E-state index in [0.29, 0.717) is 12.2 Å². The lowest BCUT2D eigenvalue weighted by molar-refractivity contribution is 0.637. The number of nitrogens with two attached hydrogens (primary N) is 1. The number of aromatic nitrogens is 2. The van der Waals surface area contributed by atoms with Crippen LogP contribution in [0.1, 0.15) is 12.5 Å². The second-order valence-electron chi connectivity index (χ2n) is 4.47. The maximum absolute atomic E-state index is 12.0. The van der Waals surface area contributed by atoms with Gasteiger partial charge in [0.25, 0.3) is 5.56 Å². The number of benzene rings is 1. The molecule has 0 aliphatic carbocycles. The fraction of sp³-hybridized carbons (Fsp3) is 0.286. The zero-order chi connectivity index (χ0) is 13.8. The zero-order valence-electron chi connectivity index (χ0n) is 11.2. The van der Waals surface area contributed by atoms with Gasteiger partial charge in [-0.05, 0) is 24.6 Å². The molecule has 0 saturated carbocycles. The highest BCUT2D eigenvalue weighted by molar-refractivity contribution is 5.42. The monoisotopic (exact) mass is 258 g/mol. The lowest BCUT2D eigenvalue weighted by Gasteiger charge is -2.16. The third kappa shape index (κ3) is 3.13. The zero-order valence-corrected chi connectivity index (χ0v) is 11.2. The third-order valence-electron chi connectivity index (χ3n) is 3.05. The minimum absolute atomic E-state index is 0.111. The van der Waals surface area contributed by atoms with Crippen LogP contribution in [0.5, 0.6) is 0 Å². The molecule has 5 heteroatoms. The van der Waals surface area contributed by atoms with Gasteiger partial charge >= 0.3 is 0 Å². The Bertz CT molecular complexity index is 621. The number of hydrogen-bond donors (Lipinski definition) is 1. The van der Waals surface area contributed by atoms with Gasteiger partial charge in [-0.25, -0.2) is 4.68 Å². The van der Waals surface area contributed by atoms with Crippen molar-refractivity contribution in [1.82, 2.24) is 9.78 Å². The first kappa shape index (κ1) is 13.1. The van der Waals surface area contributed by atoms with Crippen LogP contribution in [-0.4, -0.2) is 23.4 Å². The van der Waals surface area contributed by atoms with Crippen LogP contribution >= 0.6 is 0 Å². The second kappa shape index (κ2) is 5.56. The molecular formula is C14H18N4O. The van der Waals surface area contributed by atoms with Gasteiger partial charge in [0, 0.05) is 25.3 Å². The highest BCUT2D eigenvalue weighted by Gasteiger charge is 2.04. The molecule has 0 aliphatic heterocycles. The Hall–Kier alpha value is -2.30. The van der Waals surface area contributed by atoms with Crippen LogP contribution in [0.15, 0.2) is 41.3 Å². The summed E-state index contributed by atoms with van der Waals surface area (Å²) >= 11 is 0. The maximum Gasteiger partial charge on any atom is 0.269 e. The molecule has 2 aromatic rings. The number of nitrogen functional groups attached to an aromatic ring is 1. The minimum atomic E-state index is -0.111. The summed E-state index contributed by atoms with van der Waals surface area (Å²) in [5, 5.41) is 4.19. The third-order valence-corrected chi connectivity index (χ3v) is 3.05. The fourth-order valence-corrected chi connectivity index (χ4v) is 1.80. The fourth-order valence-electron chi connectivity index (χ4n) is 1.80. The normalized spacial score (nSPS) is 10.4. The first-order valence-electron chi connectivity index (χ1n) is 6.23. The summed E-state index contributed by atoms with van der Waals surface area (Å²) in [6.07, 6.45) is 1.71. The SMILES string of the molecule is CCN(C)c1cnn(Cc2cccc(N)c2)c(=O)c1.